The van der Waals surface area contributed by atoms with Gasteiger partial charge in [0.15, 0.2) is 0 Å². The van der Waals surface area contributed by atoms with Crippen molar-refractivity contribution in [2.75, 3.05) is 0 Å². The van der Waals surface area contributed by atoms with Gasteiger partial charge in [0.2, 0.25) is 0 Å². The van der Waals surface area contributed by atoms with Gasteiger partial charge >= 0.3 is 0 Å². The van der Waals surface area contributed by atoms with Gasteiger partial charge in [-0.25, -0.2) is 0 Å². The van der Waals surface area contributed by atoms with Crippen LogP contribution >= 0.6 is 7.26 Å². The van der Waals surface area contributed by atoms with E-state index in [9.17, 15) is 0 Å². The fraction of sp³-hybridized carbons (Fsp3) is 0.0870. The average Bonchev–Trinajstić information content (AvgIpc) is 3.12. The first-order valence-electron chi connectivity index (χ1n) is 8.76. The van der Waals surface area contributed by atoms with Crippen molar-refractivity contribution >= 4 is 23.2 Å². The molecule has 1 heterocycles. The second kappa shape index (κ2) is 7.27. The average molecular weight is 358 g/mol. The van der Waals surface area contributed by atoms with Crippen LogP contribution in [-0.2, 0) is 6.16 Å². The van der Waals surface area contributed by atoms with Gasteiger partial charge in [0, 0.05) is 0 Å². The second-order valence-corrected chi connectivity index (χ2v) is 9.87. The Labute approximate surface area is 154 Å². The van der Waals surface area contributed by atoms with E-state index in [1.165, 1.54) is 21.5 Å². The van der Waals surface area contributed by atoms with Crippen LogP contribution < -0.4 is 15.9 Å². The zero-order valence-corrected chi connectivity index (χ0v) is 15.6. The van der Waals surface area contributed by atoms with Crippen LogP contribution in [0.15, 0.2) is 102 Å². The topological polar surface area (TPSA) is 26.0 Å². The molecule has 4 rings (SSSR count). The molecule has 4 aromatic rings. The Morgan fingerprint density at radius 3 is 1.46 bits per heavy atom. The molecular formula is C23H21NOP+. The van der Waals surface area contributed by atoms with Gasteiger partial charge in [0.25, 0.3) is 0 Å². The third-order valence-electron chi connectivity index (χ3n) is 4.85. The molecule has 0 bridgehead atoms. The van der Waals surface area contributed by atoms with Crippen molar-refractivity contribution in [2.24, 2.45) is 0 Å². The smallest absolute Gasteiger partial charge is 0.140 e. The van der Waals surface area contributed by atoms with Crippen LogP contribution in [0.25, 0.3) is 0 Å². The minimum atomic E-state index is -1.87. The zero-order chi connectivity index (χ0) is 17.8. The Morgan fingerprint density at radius 1 is 0.692 bits per heavy atom. The summed E-state index contributed by atoms with van der Waals surface area (Å²) >= 11 is 0. The van der Waals surface area contributed by atoms with Gasteiger partial charge in [-0.15, -0.1) is 0 Å². The summed E-state index contributed by atoms with van der Waals surface area (Å²) in [6.07, 6.45) is 2.78. The van der Waals surface area contributed by atoms with Crippen molar-refractivity contribution < 1.29 is 4.52 Å². The minimum absolute atomic E-state index is 0.900. The van der Waals surface area contributed by atoms with Gasteiger partial charge in [-0.1, -0.05) is 59.8 Å². The number of hydrogen-bond donors (Lipinski definition) is 0. The van der Waals surface area contributed by atoms with Crippen molar-refractivity contribution in [1.82, 2.24) is 5.16 Å². The summed E-state index contributed by atoms with van der Waals surface area (Å²) in [6, 6.07) is 32.6. The molecule has 0 saturated heterocycles. The van der Waals surface area contributed by atoms with E-state index >= 15 is 0 Å². The maximum Gasteiger partial charge on any atom is 0.140 e. The number of hydrogen-bond acceptors (Lipinski definition) is 2. The number of nitrogens with zero attached hydrogens (tertiary/aromatic N) is 1. The van der Waals surface area contributed by atoms with E-state index in [1.807, 2.05) is 13.1 Å². The first kappa shape index (κ1) is 16.8. The first-order valence-corrected chi connectivity index (χ1v) is 10.7. The van der Waals surface area contributed by atoms with Crippen LogP contribution in [0, 0.1) is 6.92 Å². The number of aryl methyl sites for hydroxylation is 1. The molecule has 2 nitrogen and oxygen atoms in total. The zero-order valence-electron chi connectivity index (χ0n) is 14.7. The second-order valence-electron chi connectivity index (χ2n) is 6.38. The Balaban J connectivity index is 2.02. The standard InChI is InChI=1S/C23H21NOP/c1-19-20(17-24-25-19)18-26(21-11-5-2-6-12-21,22-13-7-3-8-14-22)23-15-9-4-10-16-23/h2-17H,18H2,1H3/q+1. The van der Waals surface area contributed by atoms with E-state index in [1.54, 1.807) is 0 Å². The summed E-state index contributed by atoms with van der Waals surface area (Å²) in [5.41, 5.74) is 1.18. The molecule has 0 fully saturated rings. The van der Waals surface area contributed by atoms with Gasteiger partial charge in [-0.3, -0.25) is 0 Å². The van der Waals surface area contributed by atoms with Crippen LogP contribution in [0.3, 0.4) is 0 Å². The normalized spacial score (nSPS) is 11.4. The highest BCUT2D eigenvalue weighted by Gasteiger charge is 2.46. The Kier molecular flexibility index (Phi) is 4.69. The number of aromatic nitrogens is 1. The largest absolute Gasteiger partial charge is 0.361 e. The van der Waals surface area contributed by atoms with E-state index in [0.717, 1.165) is 11.9 Å². The highest BCUT2D eigenvalue weighted by Crippen LogP contribution is 2.58. The predicted octanol–water partition coefficient (Wildman–Crippen LogP) is 4.48. The van der Waals surface area contributed by atoms with Crippen molar-refractivity contribution in [2.45, 2.75) is 13.1 Å². The molecule has 3 heteroatoms. The third-order valence-corrected chi connectivity index (χ3v) is 9.20. The molecular weight excluding hydrogens is 337 g/mol. The van der Waals surface area contributed by atoms with E-state index in [2.05, 4.69) is 96.2 Å². The molecule has 0 radical (unpaired) electrons. The SMILES string of the molecule is Cc1oncc1C[P+](c1ccccc1)(c1ccccc1)c1ccccc1. The molecule has 0 aliphatic rings. The van der Waals surface area contributed by atoms with Crippen molar-refractivity contribution in [3.05, 3.63) is 109 Å². The molecule has 0 aliphatic carbocycles. The lowest BCUT2D eigenvalue weighted by molar-refractivity contribution is 0.396. The van der Waals surface area contributed by atoms with Gasteiger partial charge in [-0.05, 0) is 43.3 Å². The summed E-state index contributed by atoms with van der Waals surface area (Å²) in [6.45, 7) is 2.00. The lowest BCUT2D eigenvalue weighted by atomic mass is 10.3. The number of rotatable bonds is 5. The minimum Gasteiger partial charge on any atom is -0.361 e. The Bertz CT molecular complexity index is 868. The maximum atomic E-state index is 5.39. The van der Waals surface area contributed by atoms with E-state index in [4.69, 9.17) is 4.52 Å². The summed E-state index contributed by atoms with van der Waals surface area (Å²) in [7, 11) is -1.87. The molecule has 0 amide bonds. The van der Waals surface area contributed by atoms with E-state index < -0.39 is 7.26 Å². The lowest BCUT2D eigenvalue weighted by Gasteiger charge is -2.27. The summed E-state index contributed by atoms with van der Waals surface area (Å²) in [4.78, 5) is 0. The molecule has 0 N–H and O–H groups in total. The van der Waals surface area contributed by atoms with Crippen LogP contribution in [0.5, 0.6) is 0 Å². The quantitative estimate of drug-likeness (QED) is 0.492. The highest BCUT2D eigenvalue weighted by atomic mass is 31.2. The molecule has 0 unspecified atom stereocenters. The molecule has 1 aromatic heterocycles. The van der Waals surface area contributed by atoms with Crippen molar-refractivity contribution in [3.8, 4) is 0 Å². The summed E-state index contributed by atoms with van der Waals surface area (Å²) < 4.78 is 5.39. The molecule has 0 atom stereocenters. The fourth-order valence-corrected chi connectivity index (χ4v) is 7.80. The van der Waals surface area contributed by atoms with Crippen LogP contribution in [0.2, 0.25) is 0 Å². The van der Waals surface area contributed by atoms with E-state index in [0.29, 0.717) is 0 Å². The monoisotopic (exact) mass is 358 g/mol. The van der Waals surface area contributed by atoms with Gasteiger partial charge in [0.05, 0.1) is 11.8 Å². The first-order chi connectivity index (χ1) is 12.8. The predicted molar refractivity (Wildman–Crippen MR) is 110 cm³/mol. The van der Waals surface area contributed by atoms with Crippen LogP contribution in [-0.4, -0.2) is 5.16 Å². The van der Waals surface area contributed by atoms with E-state index in [-0.39, 0.29) is 0 Å². The van der Waals surface area contributed by atoms with Crippen molar-refractivity contribution in [3.63, 3.8) is 0 Å². The Hall–Kier alpha value is -2.70. The molecule has 26 heavy (non-hydrogen) atoms. The maximum absolute atomic E-state index is 5.39. The highest BCUT2D eigenvalue weighted by molar-refractivity contribution is 7.95. The number of benzene rings is 3. The molecule has 0 saturated carbocycles. The summed E-state index contributed by atoms with van der Waals surface area (Å²) in [5, 5.41) is 8.15. The Morgan fingerprint density at radius 2 is 1.12 bits per heavy atom. The van der Waals surface area contributed by atoms with Crippen LogP contribution in [0.4, 0.5) is 0 Å². The van der Waals surface area contributed by atoms with Gasteiger partial charge in [-0.2, -0.15) is 0 Å². The van der Waals surface area contributed by atoms with Crippen LogP contribution in [0.1, 0.15) is 11.3 Å². The molecule has 0 spiro atoms. The molecule has 128 valence electrons. The summed E-state index contributed by atoms with van der Waals surface area (Å²) in [5.74, 6) is 0.900. The third kappa shape index (κ3) is 2.98. The molecule has 3 aromatic carbocycles. The lowest BCUT2D eigenvalue weighted by Crippen LogP contribution is -2.32. The fourth-order valence-electron chi connectivity index (χ4n) is 3.49. The molecule has 0 aliphatic heterocycles. The van der Waals surface area contributed by atoms with Gasteiger partial charge in [0.1, 0.15) is 35.1 Å². The van der Waals surface area contributed by atoms with Crippen molar-refractivity contribution in [1.29, 1.82) is 0 Å². The van der Waals surface area contributed by atoms with Gasteiger partial charge < -0.3 is 4.52 Å².